The van der Waals surface area contributed by atoms with Crippen molar-refractivity contribution in [3.8, 4) is 28.3 Å². The Bertz CT molecular complexity index is 3830. The van der Waals surface area contributed by atoms with Crippen molar-refractivity contribution >= 4 is 104 Å². The molecule has 0 aliphatic carbocycles. The summed E-state index contributed by atoms with van der Waals surface area (Å²) in [6.45, 7) is 14.1. The number of ether oxygens (including phenoxy) is 1. The number of nitrogens with zero attached hydrogens (tertiary/aromatic N) is 2. The van der Waals surface area contributed by atoms with E-state index in [-0.39, 0.29) is 6.71 Å². The highest BCUT2D eigenvalue weighted by Crippen LogP contribution is 2.57. The largest absolute Gasteiger partial charge is 0.458 e. The summed E-state index contributed by atoms with van der Waals surface area (Å²) in [6.07, 6.45) is 0. The fourth-order valence-corrected chi connectivity index (χ4v) is 13.3. The van der Waals surface area contributed by atoms with Gasteiger partial charge in [-0.15, -0.1) is 11.3 Å². The van der Waals surface area contributed by atoms with Crippen LogP contribution in [0.25, 0.3) is 69.6 Å². The maximum atomic E-state index is 7.59. The van der Waals surface area contributed by atoms with Gasteiger partial charge in [-0.2, -0.15) is 0 Å². The number of benzene rings is 9. The van der Waals surface area contributed by atoms with Crippen LogP contribution in [0, 0.1) is 0 Å². The van der Waals surface area contributed by atoms with Crippen molar-refractivity contribution in [3.63, 3.8) is 0 Å². The van der Waals surface area contributed by atoms with Crippen LogP contribution in [0.5, 0.6) is 11.5 Å². The van der Waals surface area contributed by atoms with Crippen LogP contribution >= 0.6 is 11.3 Å². The van der Waals surface area contributed by atoms with Gasteiger partial charge in [0.15, 0.2) is 11.4 Å². The Kier molecular flexibility index (Phi) is 8.91. The fourth-order valence-electron chi connectivity index (χ4n) is 12.0. The molecule has 0 N–H and O–H groups in total. The number of fused-ring (bicyclic) bond motifs is 14. The Morgan fingerprint density at radius 1 is 0.507 bits per heavy atom. The lowest BCUT2D eigenvalue weighted by molar-refractivity contribution is 0.488. The molecule has 9 aromatic carbocycles. The second-order valence-corrected chi connectivity index (χ2v) is 21.1. The van der Waals surface area contributed by atoms with Crippen LogP contribution in [-0.2, 0) is 0 Å². The van der Waals surface area contributed by atoms with Gasteiger partial charge in [-0.25, -0.2) is 4.48 Å². The van der Waals surface area contributed by atoms with E-state index in [1.54, 1.807) is 0 Å². The zero-order valence-electron chi connectivity index (χ0n) is 39.2. The number of quaternary nitrogens is 1. The molecule has 0 fully saturated rings. The second-order valence-electron chi connectivity index (χ2n) is 20.0. The number of hydrogen-bond acceptors (Lipinski definition) is 2. The van der Waals surface area contributed by atoms with Crippen LogP contribution in [-0.4, -0.2) is 18.3 Å². The molecule has 0 saturated heterocycles. The van der Waals surface area contributed by atoms with Gasteiger partial charge in [-0.05, 0) is 93.2 Å². The van der Waals surface area contributed by atoms with Crippen LogP contribution in [0.2, 0.25) is 0 Å². The summed E-state index contributed by atoms with van der Waals surface area (Å²) in [6, 6.07) is 64.0. The smallest absolute Gasteiger partial charge is 0.252 e. The maximum Gasteiger partial charge on any atom is 0.252 e. The third-order valence-electron chi connectivity index (χ3n) is 15.3. The molecule has 13 rings (SSSR count). The minimum absolute atomic E-state index is 0.0978. The Morgan fingerprint density at radius 2 is 1.15 bits per heavy atom. The zero-order valence-corrected chi connectivity index (χ0v) is 40.0. The molecule has 1 atom stereocenters. The van der Waals surface area contributed by atoms with Crippen molar-refractivity contribution in [3.05, 3.63) is 187 Å². The molecule has 0 saturated carbocycles. The van der Waals surface area contributed by atoms with E-state index in [1.165, 1.54) is 114 Å². The van der Waals surface area contributed by atoms with E-state index in [9.17, 15) is 0 Å². The number of aromatic nitrogens is 1. The molecule has 0 radical (unpaired) electrons. The van der Waals surface area contributed by atoms with Gasteiger partial charge in [0.05, 0.1) is 34.0 Å². The third-order valence-corrected chi connectivity index (χ3v) is 16.5. The highest BCUT2D eigenvalue weighted by atomic mass is 32.1. The van der Waals surface area contributed by atoms with Crippen LogP contribution in [0.15, 0.2) is 170 Å². The van der Waals surface area contributed by atoms with E-state index in [4.69, 9.17) is 4.74 Å². The second kappa shape index (κ2) is 14.8. The van der Waals surface area contributed by atoms with Crippen molar-refractivity contribution in [2.75, 3.05) is 7.05 Å². The van der Waals surface area contributed by atoms with E-state index in [1.807, 2.05) is 11.3 Å². The van der Waals surface area contributed by atoms with Gasteiger partial charge in [0.2, 0.25) is 0 Å². The van der Waals surface area contributed by atoms with E-state index in [2.05, 4.69) is 223 Å². The number of thiophene rings is 1. The maximum absolute atomic E-state index is 7.59. The normalized spacial score (nSPS) is 15.3. The summed E-state index contributed by atoms with van der Waals surface area (Å²) in [7, 11) is 2.37. The van der Waals surface area contributed by atoms with Crippen molar-refractivity contribution in [2.45, 2.75) is 59.3 Å². The van der Waals surface area contributed by atoms with Crippen LogP contribution in [0.1, 0.15) is 76.0 Å². The molecule has 0 spiro atoms. The number of para-hydroxylation sites is 3. The minimum atomic E-state index is -0.0978. The molecular formula is C62H52BN2OS+. The average molecular weight is 884 g/mol. The topological polar surface area (TPSA) is 14.2 Å². The standard InChI is InChI=1S/C62H52BN2OS/c1-36(2)39-31-48(37(3)4)59(49(32-39)38(5)6)63-51-34-55-50(43-23-14-17-27-54(43)65(55,7)40-19-9-8-10-20-40)33-56(51)66-57-35-53(41-21-11-12-25-45(41)60(57)63)64-52-26-16-13-22-42(52)46-29-30-47-44-24-15-18-28-58(44)67-62(47)61(46)64/h8-38H,1-7H3/q+1. The van der Waals surface area contributed by atoms with Gasteiger partial charge >= 0.3 is 0 Å². The molecule has 0 bridgehead atoms. The molecule has 2 aromatic heterocycles. The summed E-state index contributed by atoms with van der Waals surface area (Å²) >= 11 is 1.90. The average Bonchev–Trinajstić information content (AvgIpc) is 3.98. The molecule has 67 heavy (non-hydrogen) atoms. The first-order valence-electron chi connectivity index (χ1n) is 24.1. The van der Waals surface area contributed by atoms with Crippen molar-refractivity contribution in [2.24, 2.45) is 0 Å². The van der Waals surface area contributed by atoms with E-state index < -0.39 is 0 Å². The lowest BCUT2D eigenvalue weighted by Gasteiger charge is -2.35. The van der Waals surface area contributed by atoms with Gasteiger partial charge in [0.25, 0.3) is 6.71 Å². The number of hydrogen-bond donors (Lipinski definition) is 0. The SMILES string of the molecule is CC(C)c1cc(C(C)C)c(B2c3cc4c(cc3Oc3cc(-n5c6ccccc6c6ccc7c8ccccc8sc7c65)c5ccccc5c32)-c2ccccc2[N+]4(C)c2ccccc2)c(C(C)C)c1. The lowest BCUT2D eigenvalue weighted by atomic mass is 9.33. The summed E-state index contributed by atoms with van der Waals surface area (Å²) in [5.74, 6) is 2.87. The van der Waals surface area contributed by atoms with Crippen LogP contribution in [0.4, 0.5) is 17.1 Å². The molecule has 2 aliphatic heterocycles. The monoisotopic (exact) mass is 883 g/mol. The van der Waals surface area contributed by atoms with E-state index in [0.29, 0.717) is 22.2 Å². The Balaban J connectivity index is 1.17. The van der Waals surface area contributed by atoms with Gasteiger partial charge in [0, 0.05) is 49.3 Å². The molecule has 2 aliphatic rings. The summed E-state index contributed by atoms with van der Waals surface area (Å²) in [5, 5.41) is 7.57. The summed E-state index contributed by atoms with van der Waals surface area (Å²) in [4.78, 5) is 0. The molecule has 11 aromatic rings. The quantitative estimate of drug-likeness (QED) is 0.120. The van der Waals surface area contributed by atoms with Crippen molar-refractivity contribution in [1.82, 2.24) is 9.05 Å². The third kappa shape index (κ3) is 5.68. The first-order valence-corrected chi connectivity index (χ1v) is 24.9. The molecule has 324 valence electrons. The first-order chi connectivity index (χ1) is 32.6. The molecule has 3 nitrogen and oxygen atoms in total. The van der Waals surface area contributed by atoms with Gasteiger partial charge < -0.3 is 9.30 Å². The fraction of sp³-hybridized carbons (Fsp3) is 0.161. The molecule has 4 heterocycles. The number of rotatable bonds is 6. The summed E-state index contributed by atoms with van der Waals surface area (Å²) in [5.41, 5.74) is 18.0. The molecule has 0 amide bonds. The minimum Gasteiger partial charge on any atom is -0.458 e. The summed E-state index contributed by atoms with van der Waals surface area (Å²) < 4.78 is 13.3. The Morgan fingerprint density at radius 3 is 1.90 bits per heavy atom. The molecule has 5 heteroatoms. The Hall–Kier alpha value is -6.92. The predicted molar refractivity (Wildman–Crippen MR) is 290 cm³/mol. The van der Waals surface area contributed by atoms with Crippen LogP contribution in [0.3, 0.4) is 0 Å². The van der Waals surface area contributed by atoms with Gasteiger partial charge in [0.1, 0.15) is 17.2 Å². The van der Waals surface area contributed by atoms with E-state index in [0.717, 1.165) is 17.2 Å². The van der Waals surface area contributed by atoms with E-state index >= 15 is 0 Å². The first kappa shape index (κ1) is 40.4. The van der Waals surface area contributed by atoms with Crippen LogP contribution < -0.4 is 25.6 Å². The Labute approximate surface area is 397 Å². The van der Waals surface area contributed by atoms with Crippen molar-refractivity contribution < 1.29 is 4.74 Å². The molecule has 1 unspecified atom stereocenters. The zero-order chi connectivity index (χ0) is 45.5. The highest BCUT2D eigenvalue weighted by molar-refractivity contribution is 7.26. The molecular weight excluding hydrogens is 832 g/mol. The van der Waals surface area contributed by atoms with Gasteiger partial charge in [-0.1, -0.05) is 162 Å². The highest BCUT2D eigenvalue weighted by Gasteiger charge is 2.46. The van der Waals surface area contributed by atoms with Gasteiger partial charge in [-0.3, -0.25) is 0 Å². The van der Waals surface area contributed by atoms with Crippen molar-refractivity contribution in [1.29, 1.82) is 0 Å². The predicted octanol–water partition coefficient (Wildman–Crippen LogP) is 15.9. The lowest BCUT2D eigenvalue weighted by Crippen LogP contribution is -2.58.